The van der Waals surface area contributed by atoms with E-state index in [1.54, 1.807) is 11.3 Å². The fourth-order valence-corrected chi connectivity index (χ4v) is 4.83. The zero-order valence-corrected chi connectivity index (χ0v) is 15.4. The number of rotatable bonds is 3. The average molecular weight is 376 g/mol. The highest BCUT2D eigenvalue weighted by atomic mass is 32.1. The van der Waals surface area contributed by atoms with Crippen LogP contribution in [0.25, 0.3) is 0 Å². The number of likely N-dealkylation sites (tertiary alicyclic amines) is 1. The van der Waals surface area contributed by atoms with Gasteiger partial charge in [0.15, 0.2) is 0 Å². The van der Waals surface area contributed by atoms with Crippen molar-refractivity contribution in [2.24, 2.45) is 5.92 Å². The summed E-state index contributed by atoms with van der Waals surface area (Å²) >= 11 is 1.78. The van der Waals surface area contributed by atoms with Crippen LogP contribution in [0.2, 0.25) is 0 Å². The summed E-state index contributed by atoms with van der Waals surface area (Å²) in [6, 6.07) is 5.70. The van der Waals surface area contributed by atoms with E-state index in [0.717, 1.165) is 51.5 Å². The number of halogens is 2. The van der Waals surface area contributed by atoms with Crippen molar-refractivity contribution in [2.45, 2.75) is 32.4 Å². The van der Waals surface area contributed by atoms with Gasteiger partial charge in [-0.15, -0.1) is 11.3 Å². The van der Waals surface area contributed by atoms with Gasteiger partial charge in [0.1, 0.15) is 11.6 Å². The molecule has 0 N–H and O–H groups in total. The van der Waals surface area contributed by atoms with Crippen LogP contribution in [0, 0.1) is 17.6 Å². The Morgan fingerprint density at radius 2 is 1.96 bits per heavy atom. The van der Waals surface area contributed by atoms with Crippen molar-refractivity contribution in [3.8, 4) is 0 Å². The van der Waals surface area contributed by atoms with E-state index >= 15 is 0 Å². The Hall–Kier alpha value is -1.79. The number of hydrogen-bond acceptors (Lipinski definition) is 3. The molecule has 0 saturated carbocycles. The van der Waals surface area contributed by atoms with Gasteiger partial charge in [-0.2, -0.15) is 0 Å². The smallest absolute Gasteiger partial charge is 0.226 e. The Bertz CT molecular complexity index is 799. The first kappa shape index (κ1) is 17.6. The number of benzene rings is 1. The molecule has 0 radical (unpaired) electrons. The molecule has 0 bridgehead atoms. The second-order valence-electron chi connectivity index (χ2n) is 7.16. The minimum absolute atomic E-state index is 0.0452. The van der Waals surface area contributed by atoms with Gasteiger partial charge < -0.3 is 4.90 Å². The van der Waals surface area contributed by atoms with Gasteiger partial charge in [0.25, 0.3) is 0 Å². The van der Waals surface area contributed by atoms with E-state index in [1.807, 2.05) is 4.90 Å². The molecule has 3 heterocycles. The van der Waals surface area contributed by atoms with Crippen molar-refractivity contribution in [1.82, 2.24) is 9.80 Å². The van der Waals surface area contributed by atoms with Crippen LogP contribution < -0.4 is 0 Å². The van der Waals surface area contributed by atoms with E-state index < -0.39 is 5.82 Å². The monoisotopic (exact) mass is 376 g/mol. The van der Waals surface area contributed by atoms with Crippen molar-refractivity contribution in [3.63, 3.8) is 0 Å². The molecule has 0 aliphatic carbocycles. The van der Waals surface area contributed by atoms with Crippen molar-refractivity contribution >= 4 is 17.2 Å². The van der Waals surface area contributed by atoms with E-state index in [4.69, 9.17) is 0 Å². The lowest BCUT2D eigenvalue weighted by Crippen LogP contribution is -2.44. The maximum atomic E-state index is 13.8. The van der Waals surface area contributed by atoms with E-state index in [-0.39, 0.29) is 17.6 Å². The quantitative estimate of drug-likeness (QED) is 0.813. The molecule has 0 spiro atoms. The van der Waals surface area contributed by atoms with Gasteiger partial charge in [0, 0.05) is 36.0 Å². The topological polar surface area (TPSA) is 23.6 Å². The molecule has 1 aromatic carbocycles. The minimum Gasteiger partial charge on any atom is -0.338 e. The highest BCUT2D eigenvalue weighted by molar-refractivity contribution is 7.10. The van der Waals surface area contributed by atoms with Gasteiger partial charge in [-0.1, -0.05) is 0 Å². The molecule has 1 aromatic heterocycles. The summed E-state index contributed by atoms with van der Waals surface area (Å²) in [7, 11) is 0. The lowest BCUT2D eigenvalue weighted by Gasteiger charge is -2.35. The first-order chi connectivity index (χ1) is 12.6. The molecule has 2 aromatic rings. The summed E-state index contributed by atoms with van der Waals surface area (Å²) in [5.74, 6) is -0.490. The summed E-state index contributed by atoms with van der Waals surface area (Å²) < 4.78 is 27.1. The summed E-state index contributed by atoms with van der Waals surface area (Å²) in [4.78, 5) is 18.3. The van der Waals surface area contributed by atoms with Gasteiger partial charge in [-0.05, 0) is 67.6 Å². The maximum absolute atomic E-state index is 13.8. The number of thiophene rings is 1. The molecule has 1 amide bonds. The molecular weight excluding hydrogens is 354 g/mol. The number of nitrogens with zero attached hydrogens (tertiary/aromatic N) is 2. The molecule has 2 aliphatic heterocycles. The van der Waals surface area contributed by atoms with Crippen molar-refractivity contribution in [3.05, 3.63) is 57.3 Å². The van der Waals surface area contributed by atoms with Crippen molar-refractivity contribution in [1.29, 1.82) is 0 Å². The summed E-state index contributed by atoms with van der Waals surface area (Å²) in [5.41, 5.74) is 1.67. The zero-order valence-electron chi connectivity index (χ0n) is 14.6. The van der Waals surface area contributed by atoms with Crippen LogP contribution in [0.5, 0.6) is 0 Å². The SMILES string of the molecule is O=C(C1CCN(Cc2cc(F)ccc2F)CC1)N1CCc2sccc2C1. The fraction of sp³-hybridized carbons (Fsp3) is 0.450. The highest BCUT2D eigenvalue weighted by Crippen LogP contribution is 2.28. The van der Waals surface area contributed by atoms with Crippen LogP contribution in [0.15, 0.2) is 29.6 Å². The number of carbonyl (C=O) groups is 1. The second-order valence-corrected chi connectivity index (χ2v) is 8.17. The van der Waals surface area contributed by atoms with Crippen LogP contribution in [0.3, 0.4) is 0 Å². The van der Waals surface area contributed by atoms with Gasteiger partial charge >= 0.3 is 0 Å². The Morgan fingerprint density at radius 3 is 2.77 bits per heavy atom. The maximum Gasteiger partial charge on any atom is 0.226 e. The van der Waals surface area contributed by atoms with Gasteiger partial charge in [0.05, 0.1) is 0 Å². The predicted molar refractivity (Wildman–Crippen MR) is 97.8 cm³/mol. The third-order valence-corrected chi connectivity index (χ3v) is 6.48. The molecule has 1 fully saturated rings. The lowest BCUT2D eigenvalue weighted by molar-refractivity contribution is -0.138. The number of amides is 1. The number of hydrogen-bond donors (Lipinski definition) is 0. The van der Waals surface area contributed by atoms with E-state index in [2.05, 4.69) is 16.3 Å². The van der Waals surface area contributed by atoms with Crippen LogP contribution >= 0.6 is 11.3 Å². The molecule has 0 unspecified atom stereocenters. The molecule has 3 nitrogen and oxygen atoms in total. The minimum atomic E-state index is -0.413. The van der Waals surface area contributed by atoms with E-state index in [9.17, 15) is 13.6 Å². The van der Waals surface area contributed by atoms with Gasteiger partial charge in [-0.3, -0.25) is 9.69 Å². The molecule has 138 valence electrons. The van der Waals surface area contributed by atoms with Crippen LogP contribution in [-0.2, 0) is 24.3 Å². The van der Waals surface area contributed by atoms with Crippen molar-refractivity contribution < 1.29 is 13.6 Å². The predicted octanol–water partition coefficient (Wildman–Crippen LogP) is 3.82. The van der Waals surface area contributed by atoms with Crippen LogP contribution in [0.4, 0.5) is 8.78 Å². The molecule has 2 aliphatic rings. The first-order valence-corrected chi connectivity index (χ1v) is 9.98. The second kappa shape index (κ2) is 7.45. The molecular formula is C20H22F2N2OS. The Morgan fingerprint density at radius 1 is 1.15 bits per heavy atom. The lowest BCUT2D eigenvalue weighted by atomic mass is 9.94. The Balaban J connectivity index is 1.32. The largest absolute Gasteiger partial charge is 0.338 e. The fourth-order valence-electron chi connectivity index (χ4n) is 3.94. The normalized spacial score (nSPS) is 18.8. The first-order valence-electron chi connectivity index (χ1n) is 9.10. The molecule has 6 heteroatoms. The highest BCUT2D eigenvalue weighted by Gasteiger charge is 2.30. The van der Waals surface area contributed by atoms with E-state index in [1.165, 1.54) is 22.6 Å². The van der Waals surface area contributed by atoms with Crippen molar-refractivity contribution in [2.75, 3.05) is 19.6 Å². The molecule has 4 rings (SSSR count). The van der Waals surface area contributed by atoms with Gasteiger partial charge in [-0.25, -0.2) is 8.78 Å². The Kier molecular flexibility index (Phi) is 5.05. The van der Waals surface area contributed by atoms with Crippen LogP contribution in [0.1, 0.15) is 28.8 Å². The number of fused-ring (bicyclic) bond motifs is 1. The van der Waals surface area contributed by atoms with Crippen LogP contribution in [-0.4, -0.2) is 35.3 Å². The number of carbonyl (C=O) groups excluding carboxylic acids is 1. The summed E-state index contributed by atoms with van der Waals surface area (Å²) in [6.45, 7) is 3.41. The number of piperidine rings is 1. The molecule has 1 saturated heterocycles. The Labute approximate surface area is 156 Å². The summed E-state index contributed by atoms with van der Waals surface area (Å²) in [5, 5.41) is 2.10. The zero-order chi connectivity index (χ0) is 18.1. The summed E-state index contributed by atoms with van der Waals surface area (Å²) in [6.07, 6.45) is 2.52. The average Bonchev–Trinajstić information content (AvgIpc) is 3.12. The molecule has 26 heavy (non-hydrogen) atoms. The van der Waals surface area contributed by atoms with E-state index in [0.29, 0.717) is 12.1 Å². The standard InChI is InChI=1S/C20H22F2N2OS/c21-17-1-2-18(22)16(11-17)12-23-7-3-14(4-8-23)20(25)24-9-5-19-15(13-24)6-10-26-19/h1-2,6,10-11,14H,3-5,7-9,12-13H2. The third kappa shape index (κ3) is 3.67. The third-order valence-electron chi connectivity index (χ3n) is 5.46. The van der Waals surface area contributed by atoms with Gasteiger partial charge in [0.2, 0.25) is 5.91 Å². The molecule has 0 atom stereocenters.